The van der Waals surface area contributed by atoms with Crippen LogP contribution >= 0.6 is 0 Å². The molecule has 0 atom stereocenters. The zero-order valence-electron chi connectivity index (χ0n) is 18.5. The van der Waals surface area contributed by atoms with Crippen LogP contribution in [0.5, 0.6) is 11.5 Å². The van der Waals surface area contributed by atoms with Gasteiger partial charge in [-0.25, -0.2) is 0 Å². The predicted molar refractivity (Wildman–Crippen MR) is 121 cm³/mol. The molecule has 35 heavy (non-hydrogen) atoms. The molecule has 3 rings (SSSR count). The summed E-state index contributed by atoms with van der Waals surface area (Å²) in [4.78, 5) is 36.1. The van der Waals surface area contributed by atoms with Gasteiger partial charge in [-0.1, -0.05) is 29.8 Å². The quantitative estimate of drug-likeness (QED) is 0.450. The van der Waals surface area contributed by atoms with Crippen molar-refractivity contribution in [3.05, 3.63) is 89.5 Å². The minimum atomic E-state index is -4.52. The minimum absolute atomic E-state index is 0.0614. The molecular weight excluding hydrogens is 465 g/mol. The lowest BCUT2D eigenvalue weighted by molar-refractivity contribution is -0.146. The summed E-state index contributed by atoms with van der Waals surface area (Å²) in [6.45, 7) is 0.757. The van der Waals surface area contributed by atoms with Gasteiger partial charge in [-0.3, -0.25) is 14.4 Å². The monoisotopic (exact) mass is 486 g/mol. The van der Waals surface area contributed by atoms with Crippen molar-refractivity contribution in [2.24, 2.45) is 0 Å². The van der Waals surface area contributed by atoms with Crippen LogP contribution in [0.4, 0.5) is 18.9 Å². The highest BCUT2D eigenvalue weighted by Crippen LogP contribution is 2.30. The molecule has 0 heterocycles. The van der Waals surface area contributed by atoms with Crippen LogP contribution < -0.4 is 15.4 Å². The van der Waals surface area contributed by atoms with Crippen LogP contribution in [0, 0.1) is 6.92 Å². The Balaban J connectivity index is 1.46. The SMILES string of the molecule is Cc1ccc(Oc2ccccc2NC(=O)COC(=O)CNC(=O)c2ccc(C(F)(F)F)cc2)cc1. The van der Waals surface area contributed by atoms with Gasteiger partial charge < -0.3 is 20.1 Å². The maximum absolute atomic E-state index is 12.6. The minimum Gasteiger partial charge on any atom is -0.455 e. The van der Waals surface area contributed by atoms with E-state index >= 15 is 0 Å². The maximum atomic E-state index is 12.6. The molecule has 0 aliphatic rings. The number of carbonyl (C=O) groups is 3. The van der Waals surface area contributed by atoms with E-state index in [9.17, 15) is 27.6 Å². The van der Waals surface area contributed by atoms with Gasteiger partial charge in [-0.05, 0) is 55.5 Å². The second kappa shape index (κ2) is 11.2. The average molecular weight is 486 g/mol. The molecule has 0 aromatic heterocycles. The van der Waals surface area contributed by atoms with Gasteiger partial charge in [0.2, 0.25) is 0 Å². The van der Waals surface area contributed by atoms with Crippen LogP contribution in [0.2, 0.25) is 0 Å². The van der Waals surface area contributed by atoms with Crippen LogP contribution in [0.25, 0.3) is 0 Å². The summed E-state index contributed by atoms with van der Waals surface area (Å²) in [5.74, 6) is -1.33. The third-order valence-corrected chi connectivity index (χ3v) is 4.64. The standard InChI is InChI=1S/C25H21F3N2O5/c1-16-6-12-19(13-7-16)35-21-5-3-2-4-20(21)30-22(31)15-34-23(32)14-29-24(33)17-8-10-18(11-9-17)25(26,27)28/h2-13H,14-15H2,1H3,(H,29,33)(H,30,31). The molecule has 10 heteroatoms. The molecule has 3 aromatic carbocycles. The van der Waals surface area contributed by atoms with Crippen molar-refractivity contribution >= 4 is 23.5 Å². The molecule has 0 bridgehead atoms. The van der Waals surface area contributed by atoms with E-state index in [0.29, 0.717) is 17.2 Å². The maximum Gasteiger partial charge on any atom is 0.416 e. The Kier molecular flexibility index (Phi) is 8.08. The molecule has 0 unspecified atom stereocenters. The van der Waals surface area contributed by atoms with Crippen molar-refractivity contribution < 1.29 is 37.0 Å². The number of aryl methyl sites for hydroxylation is 1. The van der Waals surface area contributed by atoms with Gasteiger partial charge in [0.05, 0.1) is 11.3 Å². The number of rotatable bonds is 8. The summed E-state index contributed by atoms with van der Waals surface area (Å²) in [5, 5.41) is 4.81. The molecule has 0 aliphatic carbocycles. The number of halogens is 3. The van der Waals surface area contributed by atoms with Crippen LogP contribution in [0.1, 0.15) is 21.5 Å². The van der Waals surface area contributed by atoms with Gasteiger partial charge >= 0.3 is 12.1 Å². The van der Waals surface area contributed by atoms with Crippen LogP contribution in [-0.2, 0) is 20.5 Å². The highest BCUT2D eigenvalue weighted by Gasteiger charge is 2.30. The Morgan fingerprint density at radius 1 is 0.886 bits per heavy atom. The van der Waals surface area contributed by atoms with Gasteiger partial charge in [0.25, 0.3) is 11.8 Å². The van der Waals surface area contributed by atoms with E-state index in [1.54, 1.807) is 36.4 Å². The molecule has 7 nitrogen and oxygen atoms in total. The highest BCUT2D eigenvalue weighted by atomic mass is 19.4. The smallest absolute Gasteiger partial charge is 0.416 e. The number of para-hydroxylation sites is 2. The van der Waals surface area contributed by atoms with Crippen LogP contribution in [-0.4, -0.2) is 30.9 Å². The number of hydrogen-bond acceptors (Lipinski definition) is 5. The first-order valence-corrected chi connectivity index (χ1v) is 10.4. The number of benzene rings is 3. The molecule has 0 radical (unpaired) electrons. The van der Waals surface area contributed by atoms with Crippen molar-refractivity contribution in [2.75, 3.05) is 18.5 Å². The molecule has 182 valence electrons. The zero-order chi connectivity index (χ0) is 25.4. The third kappa shape index (κ3) is 7.60. The summed E-state index contributed by atoms with van der Waals surface area (Å²) in [6, 6.07) is 17.6. The Morgan fingerprint density at radius 2 is 1.54 bits per heavy atom. The molecule has 2 amide bonds. The van der Waals surface area contributed by atoms with Crippen molar-refractivity contribution in [1.29, 1.82) is 0 Å². The molecule has 0 saturated carbocycles. The van der Waals surface area contributed by atoms with E-state index in [0.717, 1.165) is 29.8 Å². The molecule has 3 aromatic rings. The lowest BCUT2D eigenvalue weighted by Crippen LogP contribution is -2.32. The number of alkyl halides is 3. The van der Waals surface area contributed by atoms with Gasteiger partial charge in [0, 0.05) is 5.56 Å². The number of hydrogen-bond donors (Lipinski definition) is 2. The van der Waals surface area contributed by atoms with Crippen molar-refractivity contribution in [3.63, 3.8) is 0 Å². The fourth-order valence-corrected chi connectivity index (χ4v) is 2.84. The summed E-state index contributed by atoms with van der Waals surface area (Å²) in [6.07, 6.45) is -4.52. The Morgan fingerprint density at radius 3 is 2.20 bits per heavy atom. The molecule has 0 saturated heterocycles. The molecule has 0 fully saturated rings. The first-order chi connectivity index (χ1) is 16.6. The van der Waals surface area contributed by atoms with Crippen LogP contribution in [0.15, 0.2) is 72.8 Å². The number of anilines is 1. The van der Waals surface area contributed by atoms with E-state index in [-0.39, 0.29) is 5.56 Å². The molecular formula is C25H21F3N2O5. The fraction of sp³-hybridized carbons (Fsp3) is 0.160. The van der Waals surface area contributed by atoms with Gasteiger partial charge in [-0.15, -0.1) is 0 Å². The average Bonchev–Trinajstić information content (AvgIpc) is 2.83. The number of esters is 1. The zero-order valence-corrected chi connectivity index (χ0v) is 18.5. The van der Waals surface area contributed by atoms with Crippen LogP contribution in [0.3, 0.4) is 0 Å². The number of amides is 2. The second-order valence-corrected chi connectivity index (χ2v) is 7.38. The second-order valence-electron chi connectivity index (χ2n) is 7.38. The summed E-state index contributed by atoms with van der Waals surface area (Å²) in [5.41, 5.74) is 0.472. The summed E-state index contributed by atoms with van der Waals surface area (Å²) >= 11 is 0. The normalized spacial score (nSPS) is 10.9. The highest BCUT2D eigenvalue weighted by molar-refractivity contribution is 5.97. The van der Waals surface area contributed by atoms with E-state index < -0.39 is 42.7 Å². The van der Waals surface area contributed by atoms with Crippen molar-refractivity contribution in [2.45, 2.75) is 13.1 Å². The Hall–Kier alpha value is -4.34. The lowest BCUT2D eigenvalue weighted by atomic mass is 10.1. The van der Waals surface area contributed by atoms with Gasteiger partial charge in [0.1, 0.15) is 12.3 Å². The number of nitrogens with one attached hydrogen (secondary N) is 2. The Labute approximate surface area is 198 Å². The van der Waals surface area contributed by atoms with Crippen molar-refractivity contribution in [1.82, 2.24) is 5.32 Å². The number of ether oxygens (including phenoxy) is 2. The largest absolute Gasteiger partial charge is 0.455 e. The number of carbonyl (C=O) groups excluding carboxylic acids is 3. The fourth-order valence-electron chi connectivity index (χ4n) is 2.84. The summed E-state index contributed by atoms with van der Waals surface area (Å²) < 4.78 is 48.4. The van der Waals surface area contributed by atoms with Gasteiger partial charge in [-0.2, -0.15) is 13.2 Å². The Bertz CT molecular complexity index is 1190. The molecule has 2 N–H and O–H groups in total. The first kappa shape index (κ1) is 25.3. The molecule has 0 spiro atoms. The topological polar surface area (TPSA) is 93.7 Å². The van der Waals surface area contributed by atoms with E-state index in [1.807, 2.05) is 19.1 Å². The van der Waals surface area contributed by atoms with E-state index in [2.05, 4.69) is 10.6 Å². The lowest BCUT2D eigenvalue weighted by Gasteiger charge is -2.12. The van der Waals surface area contributed by atoms with Gasteiger partial charge in [0.15, 0.2) is 12.4 Å². The third-order valence-electron chi connectivity index (χ3n) is 4.64. The van der Waals surface area contributed by atoms with Crippen molar-refractivity contribution in [3.8, 4) is 11.5 Å². The summed E-state index contributed by atoms with van der Waals surface area (Å²) in [7, 11) is 0. The van der Waals surface area contributed by atoms with E-state index in [4.69, 9.17) is 9.47 Å². The van der Waals surface area contributed by atoms with E-state index in [1.165, 1.54) is 0 Å². The molecule has 0 aliphatic heterocycles. The predicted octanol–water partition coefficient (Wildman–Crippen LogP) is 4.72. The first-order valence-electron chi connectivity index (χ1n) is 10.4.